The number of thiocarbonyl (C=S) groups is 1. The van der Waals surface area contributed by atoms with Crippen LogP contribution in [0.3, 0.4) is 0 Å². The number of carboxylic acid groups (broad SMARTS) is 1. The molecule has 27 heavy (non-hydrogen) atoms. The van der Waals surface area contributed by atoms with Crippen molar-refractivity contribution in [2.75, 3.05) is 11.5 Å². The smallest absolute Gasteiger partial charge is 0.341 e. The van der Waals surface area contributed by atoms with Gasteiger partial charge in [-0.3, -0.25) is 9.69 Å². The number of thioether (sulfide) groups is 1. The highest BCUT2D eigenvalue weighted by Gasteiger charge is 2.33. The van der Waals surface area contributed by atoms with E-state index in [-0.39, 0.29) is 5.91 Å². The van der Waals surface area contributed by atoms with E-state index in [9.17, 15) is 9.59 Å². The van der Waals surface area contributed by atoms with Gasteiger partial charge in [0.25, 0.3) is 5.91 Å². The molecule has 138 valence electrons. The molecule has 1 fully saturated rings. The number of carbonyl (C=O) groups is 2. The molecular formula is C18H11Cl2NO4S2. The first-order valence-corrected chi connectivity index (χ1v) is 9.51. The highest BCUT2D eigenvalue weighted by atomic mass is 35.5. The zero-order valence-electron chi connectivity index (χ0n) is 13.5. The molecular weight excluding hydrogens is 429 g/mol. The van der Waals surface area contributed by atoms with Crippen LogP contribution in [0.1, 0.15) is 5.56 Å². The van der Waals surface area contributed by atoms with Crippen molar-refractivity contribution in [1.29, 1.82) is 0 Å². The van der Waals surface area contributed by atoms with Crippen molar-refractivity contribution < 1.29 is 19.4 Å². The van der Waals surface area contributed by atoms with Gasteiger partial charge < -0.3 is 9.84 Å². The van der Waals surface area contributed by atoms with Crippen LogP contribution in [0.2, 0.25) is 10.0 Å². The summed E-state index contributed by atoms with van der Waals surface area (Å²) in [6, 6.07) is 11.6. The molecule has 0 unspecified atom stereocenters. The van der Waals surface area contributed by atoms with E-state index in [0.29, 0.717) is 30.7 Å². The molecule has 3 rings (SSSR count). The lowest BCUT2D eigenvalue weighted by molar-refractivity contribution is -0.139. The third-order valence-electron chi connectivity index (χ3n) is 3.50. The van der Waals surface area contributed by atoms with E-state index in [0.717, 1.165) is 5.56 Å². The van der Waals surface area contributed by atoms with Gasteiger partial charge in [-0.2, -0.15) is 0 Å². The van der Waals surface area contributed by atoms with E-state index in [1.165, 1.54) is 16.7 Å². The van der Waals surface area contributed by atoms with Crippen molar-refractivity contribution in [3.8, 4) is 5.75 Å². The van der Waals surface area contributed by atoms with Crippen LogP contribution in [-0.2, 0) is 9.59 Å². The summed E-state index contributed by atoms with van der Waals surface area (Å²) < 4.78 is 5.48. The van der Waals surface area contributed by atoms with Crippen molar-refractivity contribution in [2.45, 2.75) is 0 Å². The SMILES string of the molecule is O=C(O)COc1ccc(/C=C2/SC(=S)N(c3ccc(Cl)c(Cl)c3)C2=O)cc1. The van der Waals surface area contributed by atoms with Crippen LogP contribution in [-0.4, -0.2) is 27.9 Å². The Morgan fingerprint density at radius 1 is 1.19 bits per heavy atom. The van der Waals surface area contributed by atoms with Gasteiger partial charge in [-0.25, -0.2) is 4.79 Å². The minimum atomic E-state index is -1.05. The average Bonchev–Trinajstić information content (AvgIpc) is 2.90. The third kappa shape index (κ3) is 4.62. The molecule has 0 aliphatic carbocycles. The molecule has 0 bridgehead atoms. The van der Waals surface area contributed by atoms with Crippen molar-refractivity contribution in [1.82, 2.24) is 0 Å². The molecule has 1 N–H and O–H groups in total. The van der Waals surface area contributed by atoms with Crippen LogP contribution < -0.4 is 9.64 Å². The summed E-state index contributed by atoms with van der Waals surface area (Å²) in [7, 11) is 0. The standard InChI is InChI=1S/C18H11Cl2NO4S2/c19-13-6-3-11(8-14(13)20)21-17(24)15(27-18(21)26)7-10-1-4-12(5-2-10)25-9-16(22)23/h1-8H,9H2,(H,22,23)/b15-7+. The topological polar surface area (TPSA) is 66.8 Å². The number of carbonyl (C=O) groups excluding carboxylic acids is 1. The summed E-state index contributed by atoms with van der Waals surface area (Å²) in [4.78, 5) is 25.1. The number of aliphatic carboxylic acids is 1. The van der Waals surface area contributed by atoms with E-state index < -0.39 is 12.6 Å². The Kier molecular flexibility index (Phi) is 6.06. The molecule has 2 aromatic rings. The van der Waals surface area contributed by atoms with Gasteiger partial charge in [0.2, 0.25) is 0 Å². The zero-order chi connectivity index (χ0) is 19.6. The number of nitrogens with zero attached hydrogens (tertiary/aromatic N) is 1. The van der Waals surface area contributed by atoms with Crippen LogP contribution in [0, 0.1) is 0 Å². The van der Waals surface area contributed by atoms with Crippen LogP contribution in [0.4, 0.5) is 5.69 Å². The highest BCUT2D eigenvalue weighted by molar-refractivity contribution is 8.27. The number of rotatable bonds is 5. The number of hydrogen-bond acceptors (Lipinski definition) is 5. The molecule has 1 saturated heterocycles. The lowest BCUT2D eigenvalue weighted by atomic mass is 10.2. The third-order valence-corrected chi connectivity index (χ3v) is 5.54. The van der Waals surface area contributed by atoms with E-state index in [4.69, 9.17) is 45.3 Å². The second-order valence-electron chi connectivity index (χ2n) is 5.37. The Hall–Kier alpha value is -2.06. The quantitative estimate of drug-likeness (QED) is 0.529. The van der Waals surface area contributed by atoms with Crippen LogP contribution >= 0.6 is 47.2 Å². The van der Waals surface area contributed by atoms with E-state index in [1.807, 2.05) is 0 Å². The van der Waals surface area contributed by atoms with Gasteiger partial charge in [-0.15, -0.1) is 0 Å². The van der Waals surface area contributed by atoms with Gasteiger partial charge in [0.15, 0.2) is 10.9 Å². The van der Waals surface area contributed by atoms with E-state index >= 15 is 0 Å². The zero-order valence-corrected chi connectivity index (χ0v) is 16.7. The van der Waals surface area contributed by atoms with E-state index in [1.54, 1.807) is 48.5 Å². The largest absolute Gasteiger partial charge is 0.482 e. The van der Waals surface area contributed by atoms with Crippen molar-refractivity contribution in [3.63, 3.8) is 0 Å². The van der Waals surface area contributed by atoms with Crippen molar-refractivity contribution >= 4 is 75.1 Å². The second kappa shape index (κ2) is 8.31. The Balaban J connectivity index is 1.79. The minimum Gasteiger partial charge on any atom is -0.482 e. The first kappa shape index (κ1) is 19.7. The number of amides is 1. The van der Waals surface area contributed by atoms with Gasteiger partial charge in [0.05, 0.1) is 20.6 Å². The maximum absolute atomic E-state index is 12.7. The molecule has 9 heteroatoms. The summed E-state index contributed by atoms with van der Waals surface area (Å²) in [6.07, 6.45) is 1.71. The maximum Gasteiger partial charge on any atom is 0.341 e. The molecule has 1 amide bonds. The fourth-order valence-electron chi connectivity index (χ4n) is 2.27. The minimum absolute atomic E-state index is 0.255. The molecule has 5 nitrogen and oxygen atoms in total. The fourth-order valence-corrected chi connectivity index (χ4v) is 3.86. The molecule has 0 saturated carbocycles. The summed E-state index contributed by atoms with van der Waals surface area (Å²) in [5, 5.41) is 9.35. The number of ether oxygens (including phenoxy) is 1. The Labute approximate surface area is 174 Å². The lowest BCUT2D eigenvalue weighted by Gasteiger charge is -2.15. The van der Waals surface area contributed by atoms with Crippen LogP contribution in [0.5, 0.6) is 5.75 Å². The molecule has 0 aromatic heterocycles. The predicted octanol–water partition coefficient (Wildman–Crippen LogP) is 4.86. The molecule has 1 heterocycles. The highest BCUT2D eigenvalue weighted by Crippen LogP contribution is 2.38. The molecule has 2 aromatic carbocycles. The maximum atomic E-state index is 12.7. The van der Waals surface area contributed by atoms with Gasteiger partial charge in [-0.05, 0) is 42.0 Å². The monoisotopic (exact) mass is 439 g/mol. The number of benzene rings is 2. The van der Waals surface area contributed by atoms with Crippen LogP contribution in [0.25, 0.3) is 6.08 Å². The number of halogens is 2. The molecule has 0 radical (unpaired) electrons. The van der Waals surface area contributed by atoms with Gasteiger partial charge in [0, 0.05) is 0 Å². The summed E-state index contributed by atoms with van der Waals surface area (Å²) in [5.74, 6) is -0.877. The second-order valence-corrected chi connectivity index (χ2v) is 7.86. The van der Waals surface area contributed by atoms with E-state index in [2.05, 4.69) is 0 Å². The van der Waals surface area contributed by atoms with Crippen molar-refractivity contribution in [3.05, 3.63) is 63.0 Å². The summed E-state index contributed by atoms with van der Waals surface area (Å²) in [5.41, 5.74) is 1.31. The number of carboxylic acids is 1. The Morgan fingerprint density at radius 2 is 1.89 bits per heavy atom. The Morgan fingerprint density at radius 3 is 2.52 bits per heavy atom. The number of anilines is 1. The molecule has 1 aliphatic heterocycles. The normalized spacial score (nSPS) is 15.5. The first-order chi connectivity index (χ1) is 12.8. The van der Waals surface area contributed by atoms with Gasteiger partial charge in [-0.1, -0.05) is 59.3 Å². The first-order valence-electron chi connectivity index (χ1n) is 7.53. The fraction of sp³-hybridized carbons (Fsp3) is 0.0556. The average molecular weight is 440 g/mol. The Bertz CT molecular complexity index is 960. The summed E-state index contributed by atoms with van der Waals surface area (Å²) >= 11 is 18.5. The molecule has 1 aliphatic rings. The summed E-state index contributed by atoms with van der Waals surface area (Å²) in [6.45, 7) is -0.415. The molecule has 0 atom stereocenters. The molecule has 0 spiro atoms. The predicted molar refractivity (Wildman–Crippen MR) is 112 cm³/mol. The lowest BCUT2D eigenvalue weighted by Crippen LogP contribution is -2.27. The number of hydrogen-bond donors (Lipinski definition) is 1. The van der Waals surface area contributed by atoms with Crippen molar-refractivity contribution in [2.24, 2.45) is 0 Å². The van der Waals surface area contributed by atoms with Crippen LogP contribution in [0.15, 0.2) is 47.4 Å². The van der Waals surface area contributed by atoms with Gasteiger partial charge in [0.1, 0.15) is 5.75 Å². The van der Waals surface area contributed by atoms with Gasteiger partial charge >= 0.3 is 5.97 Å².